The van der Waals surface area contributed by atoms with Gasteiger partial charge in [0.2, 0.25) is 0 Å². The molecular formula is C10H21ClN2. The van der Waals surface area contributed by atoms with Gasteiger partial charge < -0.3 is 9.80 Å². The lowest BCUT2D eigenvalue weighted by Gasteiger charge is -2.29. The predicted octanol–water partition coefficient (Wildman–Crippen LogP) is 1.64. The van der Waals surface area contributed by atoms with Gasteiger partial charge in [0.05, 0.1) is 0 Å². The van der Waals surface area contributed by atoms with E-state index in [1.54, 1.807) is 0 Å². The number of halogens is 1. The van der Waals surface area contributed by atoms with Crippen LogP contribution in [0.1, 0.15) is 19.3 Å². The first-order valence-corrected chi connectivity index (χ1v) is 5.63. The molecule has 1 heterocycles. The Morgan fingerprint density at radius 2 is 2.23 bits per heavy atom. The van der Waals surface area contributed by atoms with Crippen LogP contribution in [-0.4, -0.2) is 55.5 Å². The zero-order valence-corrected chi connectivity index (χ0v) is 9.56. The summed E-state index contributed by atoms with van der Waals surface area (Å²) in [5.41, 5.74) is 0. The van der Waals surface area contributed by atoms with Gasteiger partial charge >= 0.3 is 0 Å². The van der Waals surface area contributed by atoms with Crippen LogP contribution >= 0.6 is 11.6 Å². The molecule has 0 aromatic carbocycles. The zero-order chi connectivity index (χ0) is 9.68. The van der Waals surface area contributed by atoms with Crippen molar-refractivity contribution < 1.29 is 0 Å². The van der Waals surface area contributed by atoms with E-state index in [1.165, 1.54) is 38.9 Å². The molecule has 0 aromatic rings. The van der Waals surface area contributed by atoms with Gasteiger partial charge in [0.25, 0.3) is 0 Å². The van der Waals surface area contributed by atoms with E-state index < -0.39 is 0 Å². The third-order valence-corrected chi connectivity index (χ3v) is 2.88. The van der Waals surface area contributed by atoms with E-state index in [0.717, 1.165) is 6.54 Å². The highest BCUT2D eigenvalue weighted by molar-refractivity contribution is 6.20. The van der Waals surface area contributed by atoms with Crippen molar-refractivity contribution in [1.29, 1.82) is 0 Å². The highest BCUT2D eigenvalue weighted by Crippen LogP contribution is 2.14. The monoisotopic (exact) mass is 204 g/mol. The molecule has 3 heteroatoms. The Bertz CT molecular complexity index is 139. The fourth-order valence-electron chi connectivity index (χ4n) is 1.81. The molecule has 13 heavy (non-hydrogen) atoms. The molecule has 2 nitrogen and oxygen atoms in total. The smallest absolute Gasteiger partial charge is 0.0463 e. The van der Waals surface area contributed by atoms with Crippen LogP contribution in [0.15, 0.2) is 0 Å². The Morgan fingerprint density at radius 1 is 1.46 bits per heavy atom. The second kappa shape index (κ2) is 5.84. The van der Waals surface area contributed by atoms with Gasteiger partial charge in [0.15, 0.2) is 0 Å². The average Bonchev–Trinajstić information content (AvgIpc) is 2.03. The highest BCUT2D eigenvalue weighted by atomic mass is 35.5. The largest absolute Gasteiger partial charge is 0.309 e. The molecule has 0 radical (unpaired) electrons. The van der Waals surface area contributed by atoms with E-state index in [-0.39, 0.29) is 0 Å². The average molecular weight is 205 g/mol. The van der Waals surface area contributed by atoms with Gasteiger partial charge in [-0.05, 0) is 53.0 Å². The molecule has 1 atom stereocenters. The number of hydrogen-bond acceptors (Lipinski definition) is 2. The molecule has 1 aliphatic heterocycles. The van der Waals surface area contributed by atoms with E-state index in [2.05, 4.69) is 23.9 Å². The van der Waals surface area contributed by atoms with Crippen LogP contribution in [-0.2, 0) is 0 Å². The van der Waals surface area contributed by atoms with E-state index >= 15 is 0 Å². The molecule has 78 valence electrons. The maximum absolute atomic E-state index is 6.10. The minimum absolute atomic E-state index is 0.396. The second-order valence-electron chi connectivity index (χ2n) is 4.20. The maximum Gasteiger partial charge on any atom is 0.0463 e. The van der Waals surface area contributed by atoms with E-state index in [4.69, 9.17) is 11.6 Å². The summed E-state index contributed by atoms with van der Waals surface area (Å²) in [5, 5.41) is 0.396. The summed E-state index contributed by atoms with van der Waals surface area (Å²) in [6.07, 6.45) is 3.73. The molecule has 0 aromatic heterocycles. The summed E-state index contributed by atoms with van der Waals surface area (Å²) in [6, 6.07) is 0. The Kier molecular flexibility index (Phi) is 5.07. The molecule has 1 saturated heterocycles. The zero-order valence-electron chi connectivity index (χ0n) is 8.80. The van der Waals surface area contributed by atoms with Crippen molar-refractivity contribution in [3.05, 3.63) is 0 Å². The lowest BCUT2D eigenvalue weighted by molar-refractivity contribution is 0.220. The standard InChI is InChI=1S/C10H21ClN2/c1-12(2)6-4-8-13-7-3-5-10(11)9-13/h10H,3-9H2,1-2H3. The normalized spacial score (nSPS) is 25.4. The number of nitrogens with zero attached hydrogens (tertiary/aromatic N) is 2. The first-order valence-electron chi connectivity index (χ1n) is 5.19. The van der Waals surface area contributed by atoms with Gasteiger partial charge in [-0.15, -0.1) is 11.6 Å². The van der Waals surface area contributed by atoms with Crippen molar-refractivity contribution in [2.75, 3.05) is 40.3 Å². The predicted molar refractivity (Wildman–Crippen MR) is 58.5 cm³/mol. The number of rotatable bonds is 4. The van der Waals surface area contributed by atoms with Crippen LogP contribution in [0.2, 0.25) is 0 Å². The van der Waals surface area contributed by atoms with Crippen LogP contribution < -0.4 is 0 Å². The molecule has 0 bridgehead atoms. The van der Waals surface area contributed by atoms with E-state index in [9.17, 15) is 0 Å². The Labute approximate surface area is 86.8 Å². The SMILES string of the molecule is CN(C)CCCN1CCCC(Cl)C1. The van der Waals surface area contributed by atoms with Crippen LogP contribution in [0, 0.1) is 0 Å². The van der Waals surface area contributed by atoms with Crippen molar-refractivity contribution >= 4 is 11.6 Å². The number of alkyl halides is 1. The molecule has 1 fully saturated rings. The summed E-state index contributed by atoms with van der Waals surface area (Å²) < 4.78 is 0. The Morgan fingerprint density at radius 3 is 2.85 bits per heavy atom. The Balaban J connectivity index is 2.06. The summed E-state index contributed by atoms with van der Waals surface area (Å²) in [5.74, 6) is 0. The Hall–Kier alpha value is 0.210. The number of hydrogen-bond donors (Lipinski definition) is 0. The number of likely N-dealkylation sites (tertiary alicyclic amines) is 1. The van der Waals surface area contributed by atoms with Crippen molar-refractivity contribution in [2.24, 2.45) is 0 Å². The summed E-state index contributed by atoms with van der Waals surface area (Å²) >= 11 is 6.10. The summed E-state index contributed by atoms with van der Waals surface area (Å²) in [6.45, 7) is 4.73. The molecule has 1 unspecified atom stereocenters. The fourth-order valence-corrected chi connectivity index (χ4v) is 2.16. The molecule has 0 saturated carbocycles. The second-order valence-corrected chi connectivity index (χ2v) is 4.81. The number of piperidine rings is 1. The van der Waals surface area contributed by atoms with Gasteiger partial charge in [-0.1, -0.05) is 0 Å². The van der Waals surface area contributed by atoms with Crippen molar-refractivity contribution in [3.63, 3.8) is 0 Å². The fraction of sp³-hybridized carbons (Fsp3) is 1.00. The lowest BCUT2D eigenvalue weighted by Crippen LogP contribution is -2.37. The van der Waals surface area contributed by atoms with Gasteiger partial charge in [0.1, 0.15) is 0 Å². The van der Waals surface area contributed by atoms with Gasteiger partial charge in [-0.25, -0.2) is 0 Å². The molecule has 0 N–H and O–H groups in total. The summed E-state index contributed by atoms with van der Waals surface area (Å²) in [4.78, 5) is 4.73. The first-order chi connectivity index (χ1) is 6.18. The van der Waals surface area contributed by atoms with Gasteiger partial charge in [-0.3, -0.25) is 0 Å². The lowest BCUT2D eigenvalue weighted by atomic mass is 10.1. The van der Waals surface area contributed by atoms with Crippen molar-refractivity contribution in [1.82, 2.24) is 9.80 Å². The molecule has 1 rings (SSSR count). The minimum Gasteiger partial charge on any atom is -0.309 e. The van der Waals surface area contributed by atoms with Crippen molar-refractivity contribution in [3.8, 4) is 0 Å². The van der Waals surface area contributed by atoms with E-state index in [0.29, 0.717) is 5.38 Å². The highest BCUT2D eigenvalue weighted by Gasteiger charge is 2.16. The van der Waals surface area contributed by atoms with Gasteiger partial charge in [0, 0.05) is 11.9 Å². The van der Waals surface area contributed by atoms with Crippen LogP contribution in [0.25, 0.3) is 0 Å². The van der Waals surface area contributed by atoms with Crippen LogP contribution in [0.3, 0.4) is 0 Å². The molecule has 0 spiro atoms. The molecule has 0 aliphatic carbocycles. The third-order valence-electron chi connectivity index (χ3n) is 2.53. The molecule has 0 amide bonds. The first kappa shape index (κ1) is 11.3. The van der Waals surface area contributed by atoms with Crippen LogP contribution in [0.4, 0.5) is 0 Å². The molecular weight excluding hydrogens is 184 g/mol. The van der Waals surface area contributed by atoms with Crippen molar-refractivity contribution in [2.45, 2.75) is 24.6 Å². The van der Waals surface area contributed by atoms with E-state index in [1.807, 2.05) is 0 Å². The van der Waals surface area contributed by atoms with Crippen LogP contribution in [0.5, 0.6) is 0 Å². The quantitative estimate of drug-likeness (QED) is 0.643. The topological polar surface area (TPSA) is 6.48 Å². The molecule has 1 aliphatic rings. The summed E-state index contributed by atoms with van der Waals surface area (Å²) in [7, 11) is 4.25. The minimum atomic E-state index is 0.396. The maximum atomic E-state index is 6.10. The van der Waals surface area contributed by atoms with Gasteiger partial charge in [-0.2, -0.15) is 0 Å². The third kappa shape index (κ3) is 4.84.